The van der Waals surface area contributed by atoms with Gasteiger partial charge in [0.1, 0.15) is 11.6 Å². The highest BCUT2D eigenvalue weighted by atomic mass is 32.1. The number of hydrogen-bond donors (Lipinski definition) is 5. The third-order valence-corrected chi connectivity index (χ3v) is 3.79. The summed E-state index contributed by atoms with van der Waals surface area (Å²) in [4.78, 5) is 23.3. The number of methoxy groups -OCH3 is 1. The molecule has 1 aromatic carbocycles. The normalized spacial score (nSPS) is 9.96. The Morgan fingerprint density at radius 2 is 1.96 bits per heavy atom. The number of aryl methyl sites for hydroxylation is 1. The molecule has 11 heteroatoms. The van der Waals surface area contributed by atoms with Crippen molar-refractivity contribution in [2.24, 2.45) is 0 Å². The number of nitrogens with zero attached hydrogens (tertiary/aromatic N) is 1. The molecule has 0 bridgehead atoms. The first-order valence-electron chi connectivity index (χ1n) is 7.69. The maximum absolute atomic E-state index is 13.2. The lowest BCUT2D eigenvalue weighted by molar-refractivity contribution is -0.134. The van der Waals surface area contributed by atoms with Crippen molar-refractivity contribution in [2.45, 2.75) is 13.5 Å². The van der Waals surface area contributed by atoms with E-state index in [1.54, 1.807) is 6.07 Å². The number of ether oxygens (including phenoxy) is 1. The van der Waals surface area contributed by atoms with Gasteiger partial charge in [0.05, 0.1) is 12.8 Å². The number of thiazole rings is 1. The summed E-state index contributed by atoms with van der Waals surface area (Å²) < 4.78 is 18.3. The standard InChI is InChI=1S/C13H15FN4OS.C4H4O4/c1-8-7-20-13(17-8)18-12(15)16-6-9-5-10(14)3-4-11(9)19-2;5-3(6)1-2-4(7)8/h3-5,7H,6H2,1-2H3,(H3,15,16,17,18);1-2H,(H,5,6)(H,7,8)/b;2-1+. The van der Waals surface area contributed by atoms with Crippen molar-refractivity contribution in [3.63, 3.8) is 0 Å². The maximum Gasteiger partial charge on any atom is 0.328 e. The van der Waals surface area contributed by atoms with Gasteiger partial charge < -0.3 is 25.6 Å². The van der Waals surface area contributed by atoms with Gasteiger partial charge in [-0.2, -0.15) is 0 Å². The molecule has 9 nitrogen and oxygen atoms in total. The van der Waals surface area contributed by atoms with E-state index in [2.05, 4.69) is 15.6 Å². The number of carboxylic acid groups (broad SMARTS) is 2. The van der Waals surface area contributed by atoms with Gasteiger partial charge in [0.15, 0.2) is 11.1 Å². The van der Waals surface area contributed by atoms with Crippen molar-refractivity contribution in [1.29, 1.82) is 5.41 Å². The van der Waals surface area contributed by atoms with Gasteiger partial charge >= 0.3 is 11.9 Å². The number of aromatic nitrogens is 1. The largest absolute Gasteiger partial charge is 0.496 e. The average molecular weight is 410 g/mol. The van der Waals surface area contributed by atoms with E-state index in [0.29, 0.717) is 28.6 Å². The molecule has 0 amide bonds. The monoisotopic (exact) mass is 410 g/mol. The van der Waals surface area contributed by atoms with E-state index >= 15 is 0 Å². The molecule has 2 aromatic rings. The van der Waals surface area contributed by atoms with Gasteiger partial charge in [0, 0.05) is 29.6 Å². The van der Waals surface area contributed by atoms with Crippen LogP contribution in [-0.2, 0) is 16.1 Å². The van der Waals surface area contributed by atoms with E-state index in [9.17, 15) is 14.0 Å². The van der Waals surface area contributed by atoms with Crippen LogP contribution in [0.4, 0.5) is 9.52 Å². The number of anilines is 1. The molecule has 0 aliphatic rings. The Morgan fingerprint density at radius 3 is 2.46 bits per heavy atom. The third-order valence-electron chi connectivity index (χ3n) is 2.92. The van der Waals surface area contributed by atoms with Crippen molar-refractivity contribution in [1.82, 2.24) is 10.3 Å². The number of guanidine groups is 1. The van der Waals surface area contributed by atoms with Gasteiger partial charge in [-0.25, -0.2) is 19.0 Å². The number of carboxylic acids is 2. The zero-order valence-electron chi connectivity index (χ0n) is 15.0. The summed E-state index contributed by atoms with van der Waals surface area (Å²) in [7, 11) is 1.53. The summed E-state index contributed by atoms with van der Waals surface area (Å²) in [5.41, 5.74) is 1.55. The lowest BCUT2D eigenvalue weighted by atomic mass is 10.2. The molecular formula is C17H19FN4O5S. The van der Waals surface area contributed by atoms with Crippen LogP contribution in [0, 0.1) is 18.2 Å². The number of nitrogens with one attached hydrogen (secondary N) is 3. The lowest BCUT2D eigenvalue weighted by Crippen LogP contribution is -2.29. The summed E-state index contributed by atoms with van der Waals surface area (Å²) >= 11 is 1.42. The van der Waals surface area contributed by atoms with E-state index in [-0.39, 0.29) is 18.3 Å². The summed E-state index contributed by atoms with van der Waals surface area (Å²) in [6, 6.07) is 4.28. The van der Waals surface area contributed by atoms with Crippen LogP contribution in [0.2, 0.25) is 0 Å². The fourth-order valence-electron chi connectivity index (χ4n) is 1.77. The molecule has 150 valence electrons. The van der Waals surface area contributed by atoms with Gasteiger partial charge in [-0.05, 0) is 25.1 Å². The summed E-state index contributed by atoms with van der Waals surface area (Å²) in [6.45, 7) is 2.17. The summed E-state index contributed by atoms with van der Waals surface area (Å²) in [5, 5.41) is 31.6. The minimum atomic E-state index is -1.26. The molecule has 0 saturated carbocycles. The Bertz CT molecular complexity index is 853. The van der Waals surface area contributed by atoms with Crippen LogP contribution in [0.3, 0.4) is 0 Å². The molecule has 0 unspecified atom stereocenters. The number of aliphatic carboxylic acids is 2. The van der Waals surface area contributed by atoms with Crippen molar-refractivity contribution in [3.05, 3.63) is 52.8 Å². The second-order valence-electron chi connectivity index (χ2n) is 5.11. The smallest absolute Gasteiger partial charge is 0.328 e. The number of benzene rings is 1. The topological polar surface area (TPSA) is 145 Å². The molecule has 1 heterocycles. The first-order chi connectivity index (χ1) is 13.2. The predicted octanol–water partition coefficient (Wildman–Crippen LogP) is 2.45. The van der Waals surface area contributed by atoms with Crippen LogP contribution in [0.5, 0.6) is 5.75 Å². The molecule has 0 saturated heterocycles. The van der Waals surface area contributed by atoms with E-state index in [4.69, 9.17) is 20.4 Å². The Morgan fingerprint density at radius 1 is 1.32 bits per heavy atom. The van der Waals surface area contributed by atoms with E-state index in [0.717, 1.165) is 5.69 Å². The highest BCUT2D eigenvalue weighted by Gasteiger charge is 2.06. The number of hydrogen-bond acceptors (Lipinski definition) is 6. The molecular weight excluding hydrogens is 391 g/mol. The highest BCUT2D eigenvalue weighted by molar-refractivity contribution is 7.13. The Hall–Kier alpha value is -3.47. The summed E-state index contributed by atoms with van der Waals surface area (Å²) in [5.74, 6) is -2.17. The molecule has 0 fully saturated rings. The first-order valence-corrected chi connectivity index (χ1v) is 8.57. The second kappa shape index (κ2) is 11.3. The minimum absolute atomic E-state index is 0.102. The quantitative estimate of drug-likeness (QED) is 0.277. The van der Waals surface area contributed by atoms with Gasteiger partial charge in [-0.3, -0.25) is 5.41 Å². The van der Waals surface area contributed by atoms with E-state index < -0.39 is 11.9 Å². The van der Waals surface area contributed by atoms with Crippen molar-refractivity contribution >= 4 is 34.4 Å². The molecule has 1 aromatic heterocycles. The molecule has 2 rings (SSSR count). The van der Waals surface area contributed by atoms with Crippen LogP contribution in [-0.4, -0.2) is 40.2 Å². The zero-order chi connectivity index (χ0) is 21.1. The molecule has 0 atom stereocenters. The molecule has 0 spiro atoms. The molecule has 0 radical (unpaired) electrons. The molecule has 0 aliphatic carbocycles. The minimum Gasteiger partial charge on any atom is -0.496 e. The highest BCUT2D eigenvalue weighted by Crippen LogP contribution is 2.19. The van der Waals surface area contributed by atoms with Crippen LogP contribution >= 0.6 is 11.3 Å². The first kappa shape index (κ1) is 22.6. The van der Waals surface area contributed by atoms with E-state index in [1.165, 1.54) is 30.6 Å². The number of halogens is 1. The van der Waals surface area contributed by atoms with Gasteiger partial charge in [0.2, 0.25) is 0 Å². The molecule has 0 aliphatic heterocycles. The van der Waals surface area contributed by atoms with Crippen LogP contribution in [0.1, 0.15) is 11.3 Å². The third kappa shape index (κ3) is 8.76. The fraction of sp³-hybridized carbons (Fsp3) is 0.176. The predicted molar refractivity (Wildman–Crippen MR) is 102 cm³/mol. The van der Waals surface area contributed by atoms with Crippen molar-refractivity contribution in [2.75, 3.05) is 12.4 Å². The fourth-order valence-corrected chi connectivity index (χ4v) is 2.47. The maximum atomic E-state index is 13.2. The Kier molecular flexibility index (Phi) is 9.10. The zero-order valence-corrected chi connectivity index (χ0v) is 15.8. The van der Waals surface area contributed by atoms with Gasteiger partial charge in [-0.1, -0.05) is 0 Å². The van der Waals surface area contributed by atoms with Gasteiger partial charge in [0.25, 0.3) is 0 Å². The average Bonchev–Trinajstić information content (AvgIpc) is 3.03. The molecule has 28 heavy (non-hydrogen) atoms. The Labute approximate surface area is 164 Å². The second-order valence-corrected chi connectivity index (χ2v) is 5.97. The number of carbonyl (C=O) groups is 2. The van der Waals surface area contributed by atoms with Gasteiger partial charge in [-0.15, -0.1) is 11.3 Å². The van der Waals surface area contributed by atoms with Crippen molar-refractivity contribution in [3.8, 4) is 5.75 Å². The van der Waals surface area contributed by atoms with Crippen LogP contribution in [0.25, 0.3) is 0 Å². The SMILES string of the molecule is COc1ccc(F)cc1CNC(=N)Nc1nc(C)cs1.O=C(O)/C=C/C(=O)O. The Balaban J connectivity index is 0.000000416. The molecule has 5 N–H and O–H groups in total. The van der Waals surface area contributed by atoms with E-state index in [1.807, 2.05) is 12.3 Å². The lowest BCUT2D eigenvalue weighted by Gasteiger charge is -2.11. The van der Waals surface area contributed by atoms with Crippen molar-refractivity contribution < 1.29 is 28.9 Å². The summed E-state index contributed by atoms with van der Waals surface area (Å²) in [6.07, 6.45) is 1.12. The number of rotatable bonds is 6. The van der Waals surface area contributed by atoms with Crippen LogP contribution < -0.4 is 15.4 Å². The van der Waals surface area contributed by atoms with Crippen LogP contribution in [0.15, 0.2) is 35.7 Å².